The van der Waals surface area contributed by atoms with Gasteiger partial charge in [-0.2, -0.15) is 0 Å². The lowest BCUT2D eigenvalue weighted by Crippen LogP contribution is -2.36. The molecule has 0 aromatic heterocycles. The van der Waals surface area contributed by atoms with Crippen LogP contribution in [-0.4, -0.2) is 17.4 Å². The van der Waals surface area contributed by atoms with Crippen LogP contribution in [0.3, 0.4) is 0 Å². The van der Waals surface area contributed by atoms with E-state index in [0.717, 1.165) is 30.0 Å². The van der Waals surface area contributed by atoms with Gasteiger partial charge in [-0.15, -0.1) is 0 Å². The fourth-order valence-corrected chi connectivity index (χ4v) is 4.09. The highest BCUT2D eigenvalue weighted by Crippen LogP contribution is 2.36. The number of hydrogen-bond acceptors (Lipinski definition) is 1. The molecular formula is C19H19ClINO. The van der Waals surface area contributed by atoms with E-state index in [1.807, 2.05) is 30.0 Å². The second-order valence-corrected chi connectivity index (χ2v) is 7.54. The van der Waals surface area contributed by atoms with Crippen LogP contribution in [-0.2, 0) is 17.8 Å². The molecule has 0 aliphatic carbocycles. The molecule has 0 atom stereocenters. The van der Waals surface area contributed by atoms with Gasteiger partial charge in [0.2, 0.25) is 5.91 Å². The van der Waals surface area contributed by atoms with Crippen molar-refractivity contribution in [1.82, 2.24) is 4.90 Å². The fourth-order valence-electron chi connectivity index (χ4n) is 3.17. The molecule has 2 aromatic carbocycles. The number of rotatable bonds is 3. The topological polar surface area (TPSA) is 20.3 Å². The molecule has 0 radical (unpaired) electrons. The normalized spacial score (nSPS) is 13.8. The summed E-state index contributed by atoms with van der Waals surface area (Å²) in [6, 6.07) is 12.4. The zero-order chi connectivity index (χ0) is 16.4. The van der Waals surface area contributed by atoms with E-state index in [1.54, 1.807) is 0 Å². The summed E-state index contributed by atoms with van der Waals surface area (Å²) in [7, 11) is 0. The molecule has 0 unspecified atom stereocenters. The molecule has 1 aliphatic heterocycles. The minimum absolute atomic E-state index is 0.260. The van der Waals surface area contributed by atoms with Crippen molar-refractivity contribution < 1.29 is 4.79 Å². The quantitative estimate of drug-likeness (QED) is 0.595. The van der Waals surface area contributed by atoms with E-state index in [4.69, 9.17) is 11.6 Å². The molecule has 1 heterocycles. The van der Waals surface area contributed by atoms with Crippen LogP contribution in [0.4, 0.5) is 0 Å². The Labute approximate surface area is 156 Å². The highest BCUT2D eigenvalue weighted by molar-refractivity contribution is 14.1. The Kier molecular flexibility index (Phi) is 5.27. The first-order valence-electron chi connectivity index (χ1n) is 7.94. The van der Waals surface area contributed by atoms with Crippen molar-refractivity contribution in [2.75, 3.05) is 6.54 Å². The molecule has 3 rings (SSSR count). The van der Waals surface area contributed by atoms with E-state index >= 15 is 0 Å². The largest absolute Gasteiger partial charge is 0.338 e. The first-order valence-corrected chi connectivity index (χ1v) is 9.39. The molecule has 2 nitrogen and oxygen atoms in total. The number of amides is 1. The Balaban J connectivity index is 2.01. The lowest BCUT2D eigenvalue weighted by atomic mass is 9.90. The van der Waals surface area contributed by atoms with Gasteiger partial charge in [0, 0.05) is 33.7 Å². The lowest BCUT2D eigenvalue weighted by molar-refractivity contribution is -0.132. The third-order valence-electron chi connectivity index (χ3n) is 4.28. The van der Waals surface area contributed by atoms with E-state index < -0.39 is 0 Å². The average Bonchev–Trinajstić information content (AvgIpc) is 2.54. The fraction of sp³-hybridized carbons (Fsp3) is 0.316. The van der Waals surface area contributed by atoms with Crippen LogP contribution < -0.4 is 0 Å². The Morgan fingerprint density at radius 2 is 2.04 bits per heavy atom. The van der Waals surface area contributed by atoms with Crippen LogP contribution in [0.25, 0.3) is 11.1 Å². The molecule has 2 aromatic rings. The molecule has 0 saturated carbocycles. The van der Waals surface area contributed by atoms with Crippen LogP contribution in [0.5, 0.6) is 0 Å². The van der Waals surface area contributed by atoms with Gasteiger partial charge < -0.3 is 4.90 Å². The van der Waals surface area contributed by atoms with Crippen LogP contribution in [0.1, 0.15) is 30.9 Å². The summed E-state index contributed by atoms with van der Waals surface area (Å²) in [5.74, 6) is 0.260. The second kappa shape index (κ2) is 7.22. The van der Waals surface area contributed by atoms with Gasteiger partial charge in [-0.05, 0) is 70.3 Å². The lowest BCUT2D eigenvalue weighted by Gasteiger charge is -2.31. The standard InChI is InChI=1S/C19H19ClINO/c1-2-5-19(23)22-9-8-15-13(12-22)10-14(21)11-17(15)16-6-3-4-7-18(16)20/h3-4,6-7,10-11H,2,5,8-9,12H2,1H3. The van der Waals surface area contributed by atoms with Crippen molar-refractivity contribution in [3.05, 3.63) is 56.1 Å². The van der Waals surface area contributed by atoms with Crippen molar-refractivity contribution in [2.24, 2.45) is 0 Å². The maximum absolute atomic E-state index is 12.2. The summed E-state index contributed by atoms with van der Waals surface area (Å²) in [6.45, 7) is 3.56. The van der Waals surface area contributed by atoms with E-state index in [1.165, 1.54) is 20.3 Å². The number of nitrogens with zero attached hydrogens (tertiary/aromatic N) is 1. The molecule has 1 amide bonds. The van der Waals surface area contributed by atoms with Crippen molar-refractivity contribution >= 4 is 40.1 Å². The maximum atomic E-state index is 12.2. The van der Waals surface area contributed by atoms with E-state index in [9.17, 15) is 4.79 Å². The minimum Gasteiger partial charge on any atom is -0.338 e. The summed E-state index contributed by atoms with van der Waals surface area (Å²) in [5.41, 5.74) is 4.87. The smallest absolute Gasteiger partial charge is 0.222 e. The van der Waals surface area contributed by atoms with Gasteiger partial charge in [0.15, 0.2) is 0 Å². The Hall–Kier alpha value is -1.07. The molecule has 0 fully saturated rings. The second-order valence-electron chi connectivity index (χ2n) is 5.89. The van der Waals surface area contributed by atoms with E-state index in [0.29, 0.717) is 13.0 Å². The Morgan fingerprint density at radius 3 is 2.78 bits per heavy atom. The van der Waals surface area contributed by atoms with Crippen molar-refractivity contribution in [3.8, 4) is 11.1 Å². The third kappa shape index (κ3) is 3.56. The van der Waals surface area contributed by atoms with Gasteiger partial charge in [-0.25, -0.2) is 0 Å². The van der Waals surface area contributed by atoms with Gasteiger partial charge >= 0.3 is 0 Å². The summed E-state index contributed by atoms with van der Waals surface area (Å²) >= 11 is 8.75. The van der Waals surface area contributed by atoms with Crippen molar-refractivity contribution in [2.45, 2.75) is 32.7 Å². The summed E-state index contributed by atoms with van der Waals surface area (Å²) < 4.78 is 1.18. The van der Waals surface area contributed by atoms with Crippen LogP contribution >= 0.6 is 34.2 Å². The maximum Gasteiger partial charge on any atom is 0.222 e. The Morgan fingerprint density at radius 1 is 1.26 bits per heavy atom. The van der Waals surface area contributed by atoms with Crippen LogP contribution in [0.15, 0.2) is 36.4 Å². The molecule has 23 heavy (non-hydrogen) atoms. The van der Waals surface area contributed by atoms with Gasteiger partial charge in [-0.3, -0.25) is 4.79 Å². The average molecular weight is 440 g/mol. The molecule has 4 heteroatoms. The molecule has 120 valence electrons. The van der Waals surface area contributed by atoms with E-state index in [2.05, 4.69) is 40.8 Å². The predicted octanol–water partition coefficient (Wildman–Crippen LogP) is 5.30. The summed E-state index contributed by atoms with van der Waals surface area (Å²) in [4.78, 5) is 14.2. The van der Waals surface area contributed by atoms with Gasteiger partial charge in [0.25, 0.3) is 0 Å². The number of fused-ring (bicyclic) bond motifs is 1. The SMILES string of the molecule is CCCC(=O)N1CCc2c(cc(I)cc2-c2ccccc2Cl)C1. The predicted molar refractivity (Wildman–Crippen MR) is 104 cm³/mol. The summed E-state index contributed by atoms with van der Waals surface area (Å²) in [5, 5.41) is 0.779. The van der Waals surface area contributed by atoms with Gasteiger partial charge in [-0.1, -0.05) is 36.7 Å². The van der Waals surface area contributed by atoms with Crippen LogP contribution in [0, 0.1) is 3.57 Å². The number of benzene rings is 2. The zero-order valence-electron chi connectivity index (χ0n) is 13.1. The first-order chi connectivity index (χ1) is 11.1. The highest BCUT2D eigenvalue weighted by atomic mass is 127. The Bertz CT molecular complexity index is 744. The first kappa shape index (κ1) is 16.8. The summed E-state index contributed by atoms with van der Waals surface area (Å²) in [6.07, 6.45) is 2.43. The number of carbonyl (C=O) groups excluding carboxylic acids is 1. The highest BCUT2D eigenvalue weighted by Gasteiger charge is 2.23. The molecule has 1 aliphatic rings. The molecule has 0 N–H and O–H groups in total. The van der Waals surface area contributed by atoms with E-state index in [-0.39, 0.29) is 5.91 Å². The number of carbonyl (C=O) groups is 1. The van der Waals surface area contributed by atoms with Gasteiger partial charge in [0.05, 0.1) is 0 Å². The third-order valence-corrected chi connectivity index (χ3v) is 5.23. The van der Waals surface area contributed by atoms with Crippen molar-refractivity contribution in [1.29, 1.82) is 0 Å². The number of halogens is 2. The number of hydrogen-bond donors (Lipinski definition) is 0. The monoisotopic (exact) mass is 439 g/mol. The van der Waals surface area contributed by atoms with Crippen LogP contribution in [0.2, 0.25) is 5.02 Å². The molecule has 0 saturated heterocycles. The zero-order valence-corrected chi connectivity index (χ0v) is 16.0. The van der Waals surface area contributed by atoms with Gasteiger partial charge in [0.1, 0.15) is 0 Å². The van der Waals surface area contributed by atoms with Crippen molar-refractivity contribution in [3.63, 3.8) is 0 Å². The molecule has 0 bridgehead atoms. The minimum atomic E-state index is 0.260. The molecule has 0 spiro atoms. The molecular weight excluding hydrogens is 421 g/mol.